The van der Waals surface area contributed by atoms with Crippen LogP contribution in [0.4, 0.5) is 0 Å². The maximum atomic E-state index is 11.7. The maximum absolute atomic E-state index is 11.7. The summed E-state index contributed by atoms with van der Waals surface area (Å²) in [5.74, 6) is 0.208. The Morgan fingerprint density at radius 3 is 2.69 bits per heavy atom. The first-order valence-electron chi connectivity index (χ1n) is 5.70. The zero-order chi connectivity index (χ0) is 12.2. The van der Waals surface area contributed by atoms with Crippen molar-refractivity contribution in [2.45, 2.75) is 31.9 Å². The molecule has 1 aliphatic rings. The number of hydrogen-bond donors (Lipinski definition) is 1. The van der Waals surface area contributed by atoms with Crippen LogP contribution in [0.3, 0.4) is 0 Å². The summed E-state index contributed by atoms with van der Waals surface area (Å²) in [5, 5.41) is 0. The molecular formula is C10H22N2O3S. The largest absolute Gasteiger partial charge is 0.378 e. The summed E-state index contributed by atoms with van der Waals surface area (Å²) in [4.78, 5) is 2.07. The normalized spacial score (nSPS) is 27.4. The summed E-state index contributed by atoms with van der Waals surface area (Å²) in [6.07, 6.45) is 1.55. The molecule has 0 aliphatic carbocycles. The second kappa shape index (κ2) is 5.95. The minimum Gasteiger partial charge on any atom is -0.378 e. The average Bonchev–Trinajstić information content (AvgIpc) is 2.55. The Morgan fingerprint density at radius 1 is 1.44 bits per heavy atom. The number of rotatable bonds is 6. The first-order chi connectivity index (χ1) is 7.48. The maximum Gasteiger partial charge on any atom is 0.211 e. The molecule has 1 rings (SSSR count). The molecule has 0 aromatic carbocycles. The van der Waals surface area contributed by atoms with Crippen LogP contribution in [-0.2, 0) is 14.8 Å². The fourth-order valence-corrected chi connectivity index (χ4v) is 3.41. The van der Waals surface area contributed by atoms with Gasteiger partial charge in [0.2, 0.25) is 10.0 Å². The summed E-state index contributed by atoms with van der Waals surface area (Å²) in [6, 6.07) is -0.114. The van der Waals surface area contributed by atoms with Crippen LogP contribution in [0.2, 0.25) is 0 Å². The molecule has 2 atom stereocenters. The lowest BCUT2D eigenvalue weighted by Crippen LogP contribution is -2.44. The Morgan fingerprint density at radius 2 is 2.12 bits per heavy atom. The molecule has 6 heteroatoms. The highest BCUT2D eigenvalue weighted by Crippen LogP contribution is 2.12. The van der Waals surface area contributed by atoms with Crippen LogP contribution in [0.1, 0.15) is 19.8 Å². The van der Waals surface area contributed by atoms with E-state index in [1.807, 2.05) is 14.0 Å². The molecule has 0 aromatic heterocycles. The van der Waals surface area contributed by atoms with Crippen LogP contribution >= 0.6 is 0 Å². The summed E-state index contributed by atoms with van der Waals surface area (Å²) in [7, 11) is 0.437. The third-order valence-corrected chi connectivity index (χ3v) is 4.34. The third-order valence-electron chi connectivity index (χ3n) is 2.85. The molecule has 0 amide bonds. The van der Waals surface area contributed by atoms with E-state index < -0.39 is 10.0 Å². The highest BCUT2D eigenvalue weighted by molar-refractivity contribution is 7.89. The number of unbranched alkanes of at least 4 members (excludes halogenated alkanes) is 1. The van der Waals surface area contributed by atoms with E-state index in [4.69, 9.17) is 4.74 Å². The Balaban J connectivity index is 2.52. The Hall–Kier alpha value is -0.170. The lowest BCUT2D eigenvalue weighted by molar-refractivity contribution is 0.0969. The van der Waals surface area contributed by atoms with Gasteiger partial charge in [-0.25, -0.2) is 13.1 Å². The first-order valence-corrected chi connectivity index (χ1v) is 7.35. The molecule has 0 unspecified atom stereocenters. The van der Waals surface area contributed by atoms with E-state index in [0.29, 0.717) is 13.0 Å². The second-order valence-electron chi connectivity index (χ2n) is 4.39. The van der Waals surface area contributed by atoms with Crippen molar-refractivity contribution in [1.82, 2.24) is 9.62 Å². The number of ether oxygens (including phenoxy) is 1. The van der Waals surface area contributed by atoms with E-state index in [0.717, 1.165) is 13.0 Å². The number of nitrogens with one attached hydrogen (secondary N) is 1. The summed E-state index contributed by atoms with van der Waals surface area (Å²) in [5.41, 5.74) is 0. The van der Waals surface area contributed by atoms with Crippen molar-refractivity contribution in [2.24, 2.45) is 0 Å². The molecule has 0 spiro atoms. The van der Waals surface area contributed by atoms with Gasteiger partial charge in [-0.05, 0) is 13.5 Å². The molecule has 96 valence electrons. The number of likely N-dealkylation sites (tertiary alicyclic amines) is 1. The quantitative estimate of drug-likeness (QED) is 0.723. The number of likely N-dealkylation sites (N-methyl/N-ethyl adjacent to an activating group) is 1. The van der Waals surface area contributed by atoms with Crippen LogP contribution in [0.5, 0.6) is 0 Å². The van der Waals surface area contributed by atoms with Crippen molar-refractivity contribution in [3.8, 4) is 0 Å². The van der Waals surface area contributed by atoms with Crippen molar-refractivity contribution in [3.63, 3.8) is 0 Å². The Kier molecular flexibility index (Phi) is 5.17. The molecule has 16 heavy (non-hydrogen) atoms. The van der Waals surface area contributed by atoms with Gasteiger partial charge < -0.3 is 9.64 Å². The van der Waals surface area contributed by atoms with Gasteiger partial charge >= 0.3 is 0 Å². The van der Waals surface area contributed by atoms with Gasteiger partial charge in [0.1, 0.15) is 0 Å². The molecule has 0 radical (unpaired) electrons. The van der Waals surface area contributed by atoms with Crippen LogP contribution in [0.15, 0.2) is 0 Å². The van der Waals surface area contributed by atoms with Gasteiger partial charge in [-0.15, -0.1) is 0 Å². The van der Waals surface area contributed by atoms with Gasteiger partial charge in [0.15, 0.2) is 0 Å². The zero-order valence-electron chi connectivity index (χ0n) is 10.3. The van der Waals surface area contributed by atoms with Gasteiger partial charge in [0, 0.05) is 20.2 Å². The predicted octanol–water partition coefficient (Wildman–Crippen LogP) is 0.0349. The number of nitrogens with zero attached hydrogens (tertiary/aromatic N) is 1. The molecular weight excluding hydrogens is 228 g/mol. The van der Waals surface area contributed by atoms with Crippen molar-refractivity contribution < 1.29 is 13.2 Å². The van der Waals surface area contributed by atoms with E-state index in [-0.39, 0.29) is 17.9 Å². The molecule has 1 fully saturated rings. The van der Waals surface area contributed by atoms with Gasteiger partial charge in [0.25, 0.3) is 0 Å². The topological polar surface area (TPSA) is 58.6 Å². The minimum absolute atomic E-state index is 0.0404. The highest BCUT2D eigenvalue weighted by Gasteiger charge is 2.33. The van der Waals surface area contributed by atoms with Crippen LogP contribution in [0, 0.1) is 0 Å². The first kappa shape index (κ1) is 13.9. The average molecular weight is 250 g/mol. The number of methoxy groups -OCH3 is 1. The van der Waals surface area contributed by atoms with E-state index in [9.17, 15) is 8.42 Å². The Bertz CT molecular complexity index is 305. The summed E-state index contributed by atoms with van der Waals surface area (Å²) < 4.78 is 31.5. The Labute approximate surface area is 98.2 Å². The monoisotopic (exact) mass is 250 g/mol. The van der Waals surface area contributed by atoms with E-state index >= 15 is 0 Å². The summed E-state index contributed by atoms with van der Waals surface area (Å²) >= 11 is 0. The van der Waals surface area contributed by atoms with Crippen molar-refractivity contribution in [3.05, 3.63) is 0 Å². The minimum atomic E-state index is -3.15. The van der Waals surface area contributed by atoms with Crippen LogP contribution in [-0.4, -0.2) is 58.5 Å². The van der Waals surface area contributed by atoms with Gasteiger partial charge in [0.05, 0.1) is 17.9 Å². The van der Waals surface area contributed by atoms with E-state index in [2.05, 4.69) is 9.62 Å². The lowest BCUT2D eigenvalue weighted by atomic mass is 10.2. The van der Waals surface area contributed by atoms with Crippen molar-refractivity contribution in [1.29, 1.82) is 0 Å². The van der Waals surface area contributed by atoms with Gasteiger partial charge in [-0.3, -0.25) is 0 Å². The van der Waals surface area contributed by atoms with E-state index in [1.54, 1.807) is 7.11 Å². The molecule has 1 saturated heterocycles. The highest BCUT2D eigenvalue weighted by atomic mass is 32.2. The van der Waals surface area contributed by atoms with Crippen molar-refractivity contribution >= 4 is 10.0 Å². The molecule has 5 nitrogen and oxygen atoms in total. The van der Waals surface area contributed by atoms with E-state index in [1.165, 1.54) is 0 Å². The number of hydrogen-bond acceptors (Lipinski definition) is 4. The van der Waals surface area contributed by atoms with Crippen LogP contribution < -0.4 is 4.72 Å². The molecule has 0 bridgehead atoms. The fourth-order valence-electron chi connectivity index (χ4n) is 1.94. The van der Waals surface area contributed by atoms with Gasteiger partial charge in [-0.1, -0.05) is 13.3 Å². The second-order valence-corrected chi connectivity index (χ2v) is 6.27. The standard InChI is InChI=1S/C10H22N2O3S/c1-4-5-6-16(13,14)11-9-7-12(2)8-10(9)15-3/h9-11H,4-8H2,1-3H3/t9-,10-/m0/s1. The predicted molar refractivity (Wildman–Crippen MR) is 63.9 cm³/mol. The molecule has 0 aromatic rings. The molecule has 1 N–H and O–H groups in total. The van der Waals surface area contributed by atoms with Crippen molar-refractivity contribution in [2.75, 3.05) is 33.0 Å². The fraction of sp³-hybridized carbons (Fsp3) is 1.00. The SMILES string of the molecule is CCCCS(=O)(=O)N[C@H]1CN(C)C[C@@H]1OC. The van der Waals surface area contributed by atoms with Gasteiger partial charge in [-0.2, -0.15) is 0 Å². The zero-order valence-corrected chi connectivity index (χ0v) is 11.1. The van der Waals surface area contributed by atoms with Crippen LogP contribution in [0.25, 0.3) is 0 Å². The number of sulfonamides is 1. The summed E-state index contributed by atoms with van der Waals surface area (Å²) in [6.45, 7) is 3.47. The lowest BCUT2D eigenvalue weighted by Gasteiger charge is -2.18. The molecule has 0 saturated carbocycles. The third kappa shape index (κ3) is 4.01. The molecule has 1 heterocycles. The molecule has 1 aliphatic heterocycles. The smallest absolute Gasteiger partial charge is 0.211 e.